The lowest BCUT2D eigenvalue weighted by Crippen LogP contribution is -2.39. The highest BCUT2D eigenvalue weighted by Crippen LogP contribution is 2.32. The molecule has 66 heavy (non-hydrogen) atoms. The lowest BCUT2D eigenvalue weighted by atomic mass is 9.86. The molecule has 0 aromatic heterocycles. The lowest BCUT2D eigenvalue weighted by Gasteiger charge is -2.34. The van der Waals surface area contributed by atoms with Crippen LogP contribution in [0.3, 0.4) is 0 Å². The van der Waals surface area contributed by atoms with Gasteiger partial charge in [-0.3, -0.25) is 9.98 Å². The zero-order valence-electron chi connectivity index (χ0n) is 38.5. The van der Waals surface area contributed by atoms with Gasteiger partial charge in [0, 0.05) is 22.3 Å². The molecule has 6 aromatic rings. The fourth-order valence-corrected chi connectivity index (χ4v) is 9.05. The number of benzene rings is 6. The molecule has 0 aliphatic carbocycles. The highest BCUT2D eigenvalue weighted by molar-refractivity contribution is 6.14. The molecule has 0 saturated carbocycles. The van der Waals surface area contributed by atoms with Gasteiger partial charge in [-0.1, -0.05) is 182 Å². The highest BCUT2D eigenvalue weighted by atomic mass is 16.5. The van der Waals surface area contributed by atoms with Crippen molar-refractivity contribution in [2.45, 2.75) is 103 Å². The standard InChI is InChI=1S/2C29H31NO3/c2*1-21-18-26(19-22(2)33-21)28(29(31)32-20-23-12-6-3-7-13-23)30-27(24-14-8-4-9-15-24)25-16-10-5-11-17-25/h2*3-17,21-22,26,28H,18-20H2,1-2H3/t21-,22-,28+;21-,22-,28-/m11/s1. The summed E-state index contributed by atoms with van der Waals surface area (Å²) in [6, 6.07) is 58.5. The molecule has 2 fully saturated rings. The maximum Gasteiger partial charge on any atom is 0.331 e. The second kappa shape index (κ2) is 24.2. The summed E-state index contributed by atoms with van der Waals surface area (Å²) in [6.07, 6.45) is 3.41. The molecule has 0 bridgehead atoms. The van der Waals surface area contributed by atoms with Gasteiger partial charge in [-0.25, -0.2) is 9.59 Å². The van der Waals surface area contributed by atoms with Gasteiger partial charge in [0.05, 0.1) is 35.8 Å². The Kier molecular flexibility index (Phi) is 17.4. The summed E-state index contributed by atoms with van der Waals surface area (Å²) in [5.41, 5.74) is 7.49. The van der Waals surface area contributed by atoms with E-state index in [0.717, 1.165) is 70.5 Å². The van der Waals surface area contributed by atoms with Gasteiger partial charge in [-0.2, -0.15) is 0 Å². The van der Waals surface area contributed by atoms with Crippen LogP contribution in [0.25, 0.3) is 0 Å². The molecule has 0 amide bonds. The van der Waals surface area contributed by atoms with Crippen molar-refractivity contribution in [1.82, 2.24) is 0 Å². The largest absolute Gasteiger partial charge is 0.459 e. The Hall–Kier alpha value is -6.48. The predicted molar refractivity (Wildman–Crippen MR) is 263 cm³/mol. The molecule has 2 saturated heterocycles. The summed E-state index contributed by atoms with van der Waals surface area (Å²) in [6.45, 7) is 8.74. The van der Waals surface area contributed by atoms with E-state index in [1.54, 1.807) is 0 Å². The lowest BCUT2D eigenvalue weighted by molar-refractivity contribution is -0.151. The first-order chi connectivity index (χ1) is 32.2. The molecule has 8 nitrogen and oxygen atoms in total. The van der Waals surface area contributed by atoms with Gasteiger partial charge in [0.25, 0.3) is 0 Å². The first-order valence-corrected chi connectivity index (χ1v) is 23.3. The Bertz CT molecular complexity index is 2170. The van der Waals surface area contributed by atoms with Crippen molar-refractivity contribution < 1.29 is 28.5 Å². The number of carbonyl (C=O) groups excluding carboxylic acids is 2. The van der Waals surface area contributed by atoms with Crippen molar-refractivity contribution >= 4 is 23.4 Å². The van der Waals surface area contributed by atoms with Crippen molar-refractivity contribution in [3.63, 3.8) is 0 Å². The van der Waals surface area contributed by atoms with E-state index in [0.29, 0.717) is 0 Å². The molecule has 6 aromatic carbocycles. The van der Waals surface area contributed by atoms with Gasteiger partial charge in [0.1, 0.15) is 13.2 Å². The van der Waals surface area contributed by atoms with E-state index in [1.807, 2.05) is 182 Å². The number of esters is 2. The number of carbonyl (C=O) groups is 2. The van der Waals surface area contributed by atoms with Crippen LogP contribution >= 0.6 is 0 Å². The van der Waals surface area contributed by atoms with E-state index in [-0.39, 0.29) is 61.4 Å². The molecule has 340 valence electrons. The minimum atomic E-state index is -0.599. The molecule has 0 N–H and O–H groups in total. The van der Waals surface area contributed by atoms with Gasteiger partial charge < -0.3 is 18.9 Å². The van der Waals surface area contributed by atoms with Crippen LogP contribution in [0.1, 0.15) is 86.8 Å². The fourth-order valence-electron chi connectivity index (χ4n) is 9.05. The zero-order chi connectivity index (χ0) is 46.1. The number of ether oxygens (including phenoxy) is 4. The Balaban J connectivity index is 0.000000196. The zero-order valence-corrected chi connectivity index (χ0v) is 38.5. The normalized spacial score (nSPS) is 21.1. The van der Waals surface area contributed by atoms with Crippen molar-refractivity contribution in [1.29, 1.82) is 0 Å². The Morgan fingerprint density at radius 3 is 0.924 bits per heavy atom. The minimum Gasteiger partial charge on any atom is -0.459 e. The predicted octanol–water partition coefficient (Wildman–Crippen LogP) is 11.7. The van der Waals surface area contributed by atoms with Crippen LogP contribution in [0.15, 0.2) is 192 Å². The molecule has 2 aliphatic rings. The Morgan fingerprint density at radius 1 is 0.424 bits per heavy atom. The molecule has 6 atom stereocenters. The molecule has 0 spiro atoms. The third kappa shape index (κ3) is 13.8. The third-order valence-electron chi connectivity index (χ3n) is 12.0. The van der Waals surface area contributed by atoms with E-state index in [4.69, 9.17) is 28.9 Å². The van der Waals surface area contributed by atoms with Crippen LogP contribution in [0, 0.1) is 11.8 Å². The van der Waals surface area contributed by atoms with E-state index in [2.05, 4.69) is 27.7 Å². The number of hydrogen-bond acceptors (Lipinski definition) is 8. The molecule has 8 heteroatoms. The molecular formula is C58H62N2O6. The van der Waals surface area contributed by atoms with Gasteiger partial charge in [-0.15, -0.1) is 0 Å². The van der Waals surface area contributed by atoms with Gasteiger partial charge in [0.15, 0.2) is 12.1 Å². The number of rotatable bonds is 14. The van der Waals surface area contributed by atoms with Crippen LogP contribution in [-0.2, 0) is 41.8 Å². The average molecular weight is 883 g/mol. The maximum absolute atomic E-state index is 13.5. The van der Waals surface area contributed by atoms with Crippen molar-refractivity contribution in [3.8, 4) is 0 Å². The summed E-state index contributed by atoms with van der Waals surface area (Å²) >= 11 is 0. The summed E-state index contributed by atoms with van der Waals surface area (Å²) in [7, 11) is 0. The second-order valence-corrected chi connectivity index (χ2v) is 17.5. The van der Waals surface area contributed by atoms with Crippen LogP contribution in [0.2, 0.25) is 0 Å². The maximum atomic E-state index is 13.5. The van der Waals surface area contributed by atoms with E-state index in [1.165, 1.54) is 0 Å². The summed E-state index contributed by atoms with van der Waals surface area (Å²) in [5, 5.41) is 0. The van der Waals surface area contributed by atoms with Gasteiger partial charge >= 0.3 is 11.9 Å². The van der Waals surface area contributed by atoms with E-state index in [9.17, 15) is 9.59 Å². The first kappa shape index (κ1) is 47.5. The van der Waals surface area contributed by atoms with Crippen LogP contribution in [0.5, 0.6) is 0 Å². The molecule has 8 rings (SSSR count). The first-order valence-electron chi connectivity index (χ1n) is 23.3. The van der Waals surface area contributed by atoms with E-state index < -0.39 is 12.1 Å². The third-order valence-corrected chi connectivity index (χ3v) is 12.0. The number of hydrogen-bond donors (Lipinski definition) is 0. The second-order valence-electron chi connectivity index (χ2n) is 17.5. The number of aliphatic imine (C=N–C) groups is 2. The van der Waals surface area contributed by atoms with E-state index >= 15 is 0 Å². The van der Waals surface area contributed by atoms with Crippen LogP contribution in [0.4, 0.5) is 0 Å². The molecule has 2 heterocycles. The van der Waals surface area contributed by atoms with Gasteiger partial charge in [0.2, 0.25) is 0 Å². The van der Waals surface area contributed by atoms with Crippen molar-refractivity contribution in [2.75, 3.05) is 0 Å². The minimum absolute atomic E-state index is 0.0504. The summed E-state index contributed by atoms with van der Waals surface area (Å²) in [4.78, 5) is 37.1. The Morgan fingerprint density at radius 2 is 0.667 bits per heavy atom. The topological polar surface area (TPSA) is 95.8 Å². The molecule has 0 radical (unpaired) electrons. The monoisotopic (exact) mass is 882 g/mol. The van der Waals surface area contributed by atoms with Crippen LogP contribution < -0.4 is 0 Å². The molecule has 2 aliphatic heterocycles. The number of nitrogens with zero attached hydrogens (tertiary/aromatic N) is 2. The fraction of sp³-hybridized carbons (Fsp3) is 0.310. The summed E-state index contributed by atoms with van der Waals surface area (Å²) in [5.74, 6) is -0.465. The van der Waals surface area contributed by atoms with Crippen molar-refractivity contribution in [3.05, 3.63) is 215 Å². The quantitative estimate of drug-likeness (QED) is 0.0799. The average Bonchev–Trinajstić information content (AvgIpc) is 3.34. The van der Waals surface area contributed by atoms with Crippen LogP contribution in [-0.4, -0.2) is 59.9 Å². The summed E-state index contributed by atoms with van der Waals surface area (Å²) < 4.78 is 23.5. The molecule has 0 unspecified atom stereocenters. The smallest absolute Gasteiger partial charge is 0.331 e. The Labute approximate surface area is 390 Å². The van der Waals surface area contributed by atoms with Gasteiger partial charge in [-0.05, 0) is 76.3 Å². The molecular weight excluding hydrogens is 821 g/mol. The highest BCUT2D eigenvalue weighted by Gasteiger charge is 2.37. The van der Waals surface area contributed by atoms with Crippen molar-refractivity contribution in [2.24, 2.45) is 21.8 Å². The SMILES string of the molecule is C[C@@H]1CC([C@@H](N=C(c2ccccc2)c2ccccc2)C(=O)OCc2ccccc2)C[C@@H](C)O1.C[C@@H]1CC([C@H](N=C(c2ccccc2)c2ccccc2)C(=O)OCc2ccccc2)C[C@@H](C)O1.